The van der Waals surface area contributed by atoms with E-state index < -0.39 is 0 Å². The van der Waals surface area contributed by atoms with Crippen LogP contribution in [-0.2, 0) is 4.79 Å². The average molecular weight is 283 g/mol. The molecule has 0 aliphatic carbocycles. The molecule has 1 amide bonds. The van der Waals surface area contributed by atoms with E-state index in [1.807, 2.05) is 0 Å². The SMILES string of the molecule is CCN1CCN(CCCNC(=O)CC(C)C(C)C)CC1. The van der Waals surface area contributed by atoms with Gasteiger partial charge in [0.1, 0.15) is 0 Å². The van der Waals surface area contributed by atoms with Gasteiger partial charge >= 0.3 is 0 Å². The molecule has 20 heavy (non-hydrogen) atoms. The number of hydrogen-bond acceptors (Lipinski definition) is 3. The van der Waals surface area contributed by atoms with Crippen molar-refractivity contribution in [1.29, 1.82) is 0 Å². The fourth-order valence-corrected chi connectivity index (χ4v) is 2.46. The van der Waals surface area contributed by atoms with Gasteiger partial charge < -0.3 is 15.1 Å². The van der Waals surface area contributed by atoms with Gasteiger partial charge in [0.15, 0.2) is 0 Å². The minimum atomic E-state index is 0.210. The third-order valence-electron chi connectivity index (χ3n) is 4.53. The number of amides is 1. The van der Waals surface area contributed by atoms with Gasteiger partial charge in [-0.15, -0.1) is 0 Å². The summed E-state index contributed by atoms with van der Waals surface area (Å²) < 4.78 is 0. The highest BCUT2D eigenvalue weighted by Crippen LogP contribution is 2.13. The predicted octanol–water partition coefficient (Wildman–Crippen LogP) is 1.81. The molecular weight excluding hydrogens is 250 g/mol. The highest BCUT2D eigenvalue weighted by molar-refractivity contribution is 5.76. The Hall–Kier alpha value is -0.610. The van der Waals surface area contributed by atoms with Crippen molar-refractivity contribution in [2.75, 3.05) is 45.8 Å². The maximum absolute atomic E-state index is 11.8. The van der Waals surface area contributed by atoms with Gasteiger partial charge in [0.25, 0.3) is 0 Å². The molecule has 1 rings (SSSR count). The van der Waals surface area contributed by atoms with Crippen LogP contribution in [0.2, 0.25) is 0 Å². The van der Waals surface area contributed by atoms with Crippen LogP contribution in [0.15, 0.2) is 0 Å². The summed E-state index contributed by atoms with van der Waals surface area (Å²) in [4.78, 5) is 16.8. The fourth-order valence-electron chi connectivity index (χ4n) is 2.46. The average Bonchev–Trinajstić information content (AvgIpc) is 2.44. The number of carbonyl (C=O) groups excluding carboxylic acids is 1. The van der Waals surface area contributed by atoms with Gasteiger partial charge in [-0.05, 0) is 31.3 Å². The molecule has 0 aromatic heterocycles. The summed E-state index contributed by atoms with van der Waals surface area (Å²) in [6.07, 6.45) is 1.72. The van der Waals surface area contributed by atoms with Gasteiger partial charge in [-0.2, -0.15) is 0 Å². The first-order valence-electron chi connectivity index (χ1n) is 8.24. The number of nitrogens with one attached hydrogen (secondary N) is 1. The zero-order chi connectivity index (χ0) is 15.0. The smallest absolute Gasteiger partial charge is 0.220 e. The lowest BCUT2D eigenvalue weighted by Gasteiger charge is -2.33. The third kappa shape index (κ3) is 6.71. The molecule has 1 N–H and O–H groups in total. The first-order chi connectivity index (χ1) is 9.52. The minimum Gasteiger partial charge on any atom is -0.356 e. The monoisotopic (exact) mass is 283 g/mol. The Bertz CT molecular complexity index is 273. The van der Waals surface area contributed by atoms with Crippen molar-refractivity contribution >= 4 is 5.91 Å². The summed E-state index contributed by atoms with van der Waals surface area (Å²) in [6.45, 7) is 16.5. The summed E-state index contributed by atoms with van der Waals surface area (Å²) >= 11 is 0. The Kier molecular flexibility index (Phi) is 8.15. The molecular formula is C16H33N3O. The second-order valence-corrected chi connectivity index (χ2v) is 6.40. The summed E-state index contributed by atoms with van der Waals surface area (Å²) in [5.74, 6) is 1.26. The molecule has 1 aliphatic rings. The van der Waals surface area contributed by atoms with Crippen LogP contribution >= 0.6 is 0 Å². The molecule has 0 spiro atoms. The van der Waals surface area contributed by atoms with Crippen molar-refractivity contribution in [3.05, 3.63) is 0 Å². The van der Waals surface area contributed by atoms with Crippen molar-refractivity contribution in [1.82, 2.24) is 15.1 Å². The number of hydrogen-bond donors (Lipinski definition) is 1. The van der Waals surface area contributed by atoms with Gasteiger partial charge in [-0.3, -0.25) is 4.79 Å². The Morgan fingerprint density at radius 2 is 1.70 bits per heavy atom. The number of carbonyl (C=O) groups is 1. The highest BCUT2D eigenvalue weighted by atomic mass is 16.1. The fraction of sp³-hybridized carbons (Fsp3) is 0.938. The topological polar surface area (TPSA) is 35.6 Å². The number of nitrogens with zero attached hydrogens (tertiary/aromatic N) is 2. The van der Waals surface area contributed by atoms with E-state index in [1.54, 1.807) is 0 Å². The molecule has 118 valence electrons. The van der Waals surface area contributed by atoms with E-state index in [9.17, 15) is 4.79 Å². The van der Waals surface area contributed by atoms with Gasteiger partial charge in [0.05, 0.1) is 0 Å². The molecule has 4 nitrogen and oxygen atoms in total. The van der Waals surface area contributed by atoms with Crippen molar-refractivity contribution in [2.24, 2.45) is 11.8 Å². The van der Waals surface area contributed by atoms with Crippen molar-refractivity contribution in [3.63, 3.8) is 0 Å². The van der Waals surface area contributed by atoms with E-state index in [-0.39, 0.29) is 5.91 Å². The van der Waals surface area contributed by atoms with E-state index in [1.165, 1.54) is 26.2 Å². The molecule has 1 atom stereocenters. The standard InChI is InChI=1S/C16H33N3O/c1-5-18-9-11-19(12-10-18)8-6-7-17-16(20)13-15(4)14(2)3/h14-15H,5-13H2,1-4H3,(H,17,20). The third-order valence-corrected chi connectivity index (χ3v) is 4.53. The van der Waals surface area contributed by atoms with E-state index in [4.69, 9.17) is 0 Å². The summed E-state index contributed by atoms with van der Waals surface area (Å²) in [5, 5.41) is 3.05. The van der Waals surface area contributed by atoms with Crippen LogP contribution < -0.4 is 5.32 Å². The first-order valence-corrected chi connectivity index (χ1v) is 8.24. The molecule has 1 aliphatic heterocycles. The zero-order valence-corrected chi connectivity index (χ0v) is 13.8. The lowest BCUT2D eigenvalue weighted by atomic mass is 9.94. The van der Waals surface area contributed by atoms with Gasteiger partial charge in [0.2, 0.25) is 5.91 Å². The molecule has 0 radical (unpaired) electrons. The normalized spacial score (nSPS) is 19.2. The molecule has 4 heteroatoms. The Labute approximate surface area is 124 Å². The lowest BCUT2D eigenvalue weighted by Crippen LogP contribution is -2.46. The molecule has 0 bridgehead atoms. The molecule has 1 fully saturated rings. The second kappa shape index (κ2) is 9.35. The van der Waals surface area contributed by atoms with Gasteiger partial charge in [-0.25, -0.2) is 0 Å². The van der Waals surface area contributed by atoms with E-state index in [2.05, 4.69) is 42.8 Å². The molecule has 1 heterocycles. The van der Waals surface area contributed by atoms with Crippen molar-refractivity contribution in [2.45, 2.75) is 40.5 Å². The van der Waals surface area contributed by atoms with Crippen LogP contribution in [0.5, 0.6) is 0 Å². The number of piperazine rings is 1. The molecule has 0 aromatic rings. The van der Waals surface area contributed by atoms with E-state index in [0.717, 1.165) is 26.1 Å². The lowest BCUT2D eigenvalue weighted by molar-refractivity contribution is -0.122. The maximum Gasteiger partial charge on any atom is 0.220 e. The van der Waals surface area contributed by atoms with Crippen LogP contribution in [0.4, 0.5) is 0 Å². The largest absolute Gasteiger partial charge is 0.356 e. The van der Waals surface area contributed by atoms with E-state index in [0.29, 0.717) is 18.3 Å². The first kappa shape index (κ1) is 17.4. The summed E-state index contributed by atoms with van der Waals surface area (Å²) in [6, 6.07) is 0. The minimum absolute atomic E-state index is 0.210. The summed E-state index contributed by atoms with van der Waals surface area (Å²) in [7, 11) is 0. The quantitative estimate of drug-likeness (QED) is 0.690. The summed E-state index contributed by atoms with van der Waals surface area (Å²) in [5.41, 5.74) is 0. The number of likely N-dealkylation sites (N-methyl/N-ethyl adjacent to an activating group) is 1. The van der Waals surface area contributed by atoms with Crippen LogP contribution in [0.25, 0.3) is 0 Å². The van der Waals surface area contributed by atoms with Crippen LogP contribution in [-0.4, -0.2) is 61.5 Å². The Balaban J connectivity index is 2.03. The molecule has 1 saturated heterocycles. The van der Waals surface area contributed by atoms with E-state index >= 15 is 0 Å². The number of rotatable bonds is 8. The predicted molar refractivity (Wildman–Crippen MR) is 84.8 cm³/mol. The van der Waals surface area contributed by atoms with Crippen molar-refractivity contribution < 1.29 is 4.79 Å². The second-order valence-electron chi connectivity index (χ2n) is 6.40. The highest BCUT2D eigenvalue weighted by Gasteiger charge is 2.15. The maximum atomic E-state index is 11.8. The zero-order valence-electron chi connectivity index (χ0n) is 13.8. The molecule has 0 aromatic carbocycles. The van der Waals surface area contributed by atoms with Gasteiger partial charge in [0, 0.05) is 39.1 Å². The van der Waals surface area contributed by atoms with Crippen LogP contribution in [0.1, 0.15) is 40.5 Å². The Morgan fingerprint density at radius 1 is 1.10 bits per heavy atom. The van der Waals surface area contributed by atoms with Crippen molar-refractivity contribution in [3.8, 4) is 0 Å². The van der Waals surface area contributed by atoms with Gasteiger partial charge in [-0.1, -0.05) is 27.7 Å². The van der Waals surface area contributed by atoms with Crippen LogP contribution in [0.3, 0.4) is 0 Å². The molecule has 1 unspecified atom stereocenters. The molecule has 0 saturated carbocycles. The van der Waals surface area contributed by atoms with Crippen LogP contribution in [0, 0.1) is 11.8 Å². The Morgan fingerprint density at radius 3 is 2.25 bits per heavy atom.